The molecular weight excluding hydrogens is 218 g/mol. The van der Waals surface area contributed by atoms with Gasteiger partial charge in [0.05, 0.1) is 17.5 Å². The second-order valence-corrected chi connectivity index (χ2v) is 5.30. The maximum absolute atomic E-state index is 12.1. The van der Waals surface area contributed by atoms with Crippen LogP contribution in [0.1, 0.15) is 13.8 Å². The van der Waals surface area contributed by atoms with Crippen LogP contribution >= 0.6 is 0 Å². The Morgan fingerprint density at radius 1 is 1.06 bits per heavy atom. The van der Waals surface area contributed by atoms with Crippen LogP contribution in [0, 0.1) is 17.3 Å². The van der Waals surface area contributed by atoms with E-state index in [0.29, 0.717) is 5.69 Å². The van der Waals surface area contributed by atoms with Crippen molar-refractivity contribution in [2.75, 3.05) is 4.90 Å². The molecule has 0 unspecified atom stereocenters. The largest absolute Gasteiger partial charge is 0.508 e. The number of phenolic OH excluding ortho intramolecular Hbond substituents is 1. The minimum absolute atomic E-state index is 0.115. The molecule has 0 spiro atoms. The minimum atomic E-state index is -0.179. The number of piperidine rings is 1. The third kappa shape index (κ3) is 1.18. The van der Waals surface area contributed by atoms with Gasteiger partial charge >= 0.3 is 0 Å². The summed E-state index contributed by atoms with van der Waals surface area (Å²) in [5, 5.41) is 9.19. The molecule has 2 aliphatic rings. The van der Waals surface area contributed by atoms with Crippen molar-refractivity contribution in [2.24, 2.45) is 17.3 Å². The number of imide groups is 1. The quantitative estimate of drug-likeness (QED) is 0.746. The number of carbonyl (C=O) groups excluding carboxylic acids is 2. The first-order valence-corrected chi connectivity index (χ1v) is 5.61. The Labute approximate surface area is 98.9 Å². The van der Waals surface area contributed by atoms with Gasteiger partial charge in [0.2, 0.25) is 11.8 Å². The molecule has 4 heteroatoms. The topological polar surface area (TPSA) is 57.6 Å². The summed E-state index contributed by atoms with van der Waals surface area (Å²) in [6, 6.07) is 6.13. The molecule has 88 valence electrons. The molecule has 3 rings (SSSR count). The van der Waals surface area contributed by atoms with Gasteiger partial charge in [-0.25, -0.2) is 0 Å². The first-order valence-electron chi connectivity index (χ1n) is 5.61. The number of fused-ring (bicyclic) bond motifs is 1. The zero-order valence-corrected chi connectivity index (χ0v) is 9.68. The average molecular weight is 231 g/mol. The Morgan fingerprint density at radius 2 is 1.53 bits per heavy atom. The SMILES string of the molecule is CC1(C)[C@H]2C(=O)N(c3ccc(O)cc3)C(=O)[C@@H]21. The van der Waals surface area contributed by atoms with Crippen LogP contribution in [0.2, 0.25) is 0 Å². The lowest BCUT2D eigenvalue weighted by Gasteiger charge is -2.20. The van der Waals surface area contributed by atoms with Gasteiger partial charge in [-0.2, -0.15) is 0 Å². The molecule has 17 heavy (non-hydrogen) atoms. The summed E-state index contributed by atoms with van der Waals surface area (Å²) in [6.45, 7) is 3.90. The van der Waals surface area contributed by atoms with Crippen molar-refractivity contribution in [3.05, 3.63) is 24.3 Å². The molecule has 1 heterocycles. The van der Waals surface area contributed by atoms with Crippen molar-refractivity contribution >= 4 is 17.5 Å². The van der Waals surface area contributed by atoms with Gasteiger partial charge in [0, 0.05) is 0 Å². The Balaban J connectivity index is 1.95. The standard InChI is InChI=1S/C13H13NO3/c1-13(2)9-10(13)12(17)14(11(9)16)7-3-5-8(15)6-4-7/h3-6,9-10,15H,1-2H3/t9-,10-/m1/s1. The van der Waals surface area contributed by atoms with Crippen molar-refractivity contribution in [3.8, 4) is 5.75 Å². The second-order valence-electron chi connectivity index (χ2n) is 5.30. The van der Waals surface area contributed by atoms with Crippen molar-refractivity contribution in [1.29, 1.82) is 0 Å². The van der Waals surface area contributed by atoms with Crippen molar-refractivity contribution < 1.29 is 14.7 Å². The smallest absolute Gasteiger partial charge is 0.238 e. The number of aromatic hydroxyl groups is 1. The molecule has 1 aliphatic carbocycles. The Morgan fingerprint density at radius 3 is 2.00 bits per heavy atom. The van der Waals surface area contributed by atoms with Gasteiger partial charge in [-0.3, -0.25) is 14.5 Å². The molecular formula is C13H13NO3. The van der Waals surface area contributed by atoms with E-state index in [0.717, 1.165) is 0 Å². The van der Waals surface area contributed by atoms with Crippen LogP contribution in [-0.2, 0) is 9.59 Å². The predicted molar refractivity (Wildman–Crippen MR) is 61.4 cm³/mol. The van der Waals surface area contributed by atoms with Gasteiger partial charge in [0.25, 0.3) is 0 Å². The fourth-order valence-corrected chi connectivity index (χ4v) is 2.80. The van der Waals surface area contributed by atoms with E-state index in [4.69, 9.17) is 0 Å². The van der Waals surface area contributed by atoms with Crippen LogP contribution < -0.4 is 4.90 Å². The fraction of sp³-hybridized carbons (Fsp3) is 0.385. The molecule has 2 fully saturated rings. The van der Waals surface area contributed by atoms with Crippen LogP contribution in [0.15, 0.2) is 24.3 Å². The van der Waals surface area contributed by atoms with Crippen LogP contribution in [0.3, 0.4) is 0 Å². The van der Waals surface area contributed by atoms with E-state index in [1.807, 2.05) is 13.8 Å². The van der Waals surface area contributed by atoms with Crippen molar-refractivity contribution in [3.63, 3.8) is 0 Å². The molecule has 1 N–H and O–H groups in total. The number of rotatable bonds is 1. The monoisotopic (exact) mass is 231 g/mol. The molecule has 1 saturated carbocycles. The molecule has 0 radical (unpaired) electrons. The number of carbonyl (C=O) groups is 2. The van der Waals surface area contributed by atoms with Crippen LogP contribution in [0.4, 0.5) is 5.69 Å². The minimum Gasteiger partial charge on any atom is -0.508 e. The second kappa shape index (κ2) is 2.88. The van der Waals surface area contributed by atoms with Gasteiger partial charge in [0.1, 0.15) is 5.75 Å². The number of benzene rings is 1. The number of phenols is 1. The number of hydrogen-bond acceptors (Lipinski definition) is 3. The van der Waals surface area contributed by atoms with E-state index in [9.17, 15) is 14.7 Å². The summed E-state index contributed by atoms with van der Waals surface area (Å²) in [7, 11) is 0. The highest BCUT2D eigenvalue weighted by Crippen LogP contribution is 2.63. The zero-order valence-electron chi connectivity index (χ0n) is 9.68. The Hall–Kier alpha value is -1.84. The van der Waals surface area contributed by atoms with E-state index >= 15 is 0 Å². The fourth-order valence-electron chi connectivity index (χ4n) is 2.80. The molecule has 1 saturated heterocycles. The molecule has 2 amide bonds. The van der Waals surface area contributed by atoms with Gasteiger partial charge < -0.3 is 5.11 Å². The van der Waals surface area contributed by atoms with E-state index in [1.165, 1.54) is 17.0 Å². The molecule has 2 atom stereocenters. The van der Waals surface area contributed by atoms with E-state index in [1.54, 1.807) is 12.1 Å². The van der Waals surface area contributed by atoms with Crippen LogP contribution in [0.5, 0.6) is 5.75 Å². The zero-order chi connectivity index (χ0) is 12.4. The molecule has 0 bridgehead atoms. The lowest BCUT2D eigenvalue weighted by molar-refractivity contribution is -0.125. The van der Waals surface area contributed by atoms with Gasteiger partial charge in [-0.05, 0) is 29.7 Å². The van der Waals surface area contributed by atoms with E-state index in [-0.39, 0.29) is 34.8 Å². The summed E-state index contributed by atoms with van der Waals surface area (Å²) in [6.07, 6.45) is 0. The Kier molecular flexibility index (Phi) is 1.75. The molecule has 1 aromatic rings. The third-order valence-corrected chi connectivity index (χ3v) is 3.91. The van der Waals surface area contributed by atoms with E-state index in [2.05, 4.69) is 0 Å². The number of nitrogens with zero attached hydrogens (tertiary/aromatic N) is 1. The summed E-state index contributed by atoms with van der Waals surface area (Å²) < 4.78 is 0. The highest BCUT2D eigenvalue weighted by atomic mass is 16.3. The van der Waals surface area contributed by atoms with Gasteiger partial charge in [0.15, 0.2) is 0 Å². The molecule has 0 aromatic heterocycles. The predicted octanol–water partition coefficient (Wildman–Crippen LogP) is 1.54. The summed E-state index contributed by atoms with van der Waals surface area (Å²) in [5.74, 6) is -0.433. The highest BCUT2D eigenvalue weighted by Gasteiger charge is 2.72. The van der Waals surface area contributed by atoms with Gasteiger partial charge in [-0.15, -0.1) is 0 Å². The first-order chi connectivity index (χ1) is 7.94. The summed E-state index contributed by atoms with van der Waals surface area (Å²) >= 11 is 0. The molecule has 1 aliphatic heterocycles. The summed E-state index contributed by atoms with van der Waals surface area (Å²) in [4.78, 5) is 25.4. The normalized spacial score (nSPS) is 29.4. The third-order valence-electron chi connectivity index (χ3n) is 3.91. The number of anilines is 1. The lowest BCUT2D eigenvalue weighted by Crippen LogP contribution is -2.36. The van der Waals surface area contributed by atoms with Crippen molar-refractivity contribution in [2.45, 2.75) is 13.8 Å². The first kappa shape index (κ1) is 10.3. The molecule has 1 aromatic carbocycles. The van der Waals surface area contributed by atoms with Gasteiger partial charge in [-0.1, -0.05) is 13.8 Å². The number of hydrogen-bond donors (Lipinski definition) is 1. The van der Waals surface area contributed by atoms with E-state index < -0.39 is 0 Å². The maximum Gasteiger partial charge on any atom is 0.238 e. The number of amides is 2. The summed E-state index contributed by atoms with van der Waals surface area (Å²) in [5.41, 5.74) is 0.363. The van der Waals surface area contributed by atoms with Crippen molar-refractivity contribution in [1.82, 2.24) is 0 Å². The molecule has 4 nitrogen and oxygen atoms in total. The average Bonchev–Trinajstić information content (AvgIpc) is 2.72. The van der Waals surface area contributed by atoms with Crippen LogP contribution in [0.25, 0.3) is 0 Å². The highest BCUT2D eigenvalue weighted by molar-refractivity contribution is 6.25. The van der Waals surface area contributed by atoms with Crippen LogP contribution in [-0.4, -0.2) is 16.9 Å². The Bertz CT molecular complexity index is 494. The lowest BCUT2D eigenvalue weighted by atomic mass is 10.1. The maximum atomic E-state index is 12.1.